The van der Waals surface area contributed by atoms with Crippen LogP contribution in [0.2, 0.25) is 0 Å². The van der Waals surface area contributed by atoms with Crippen LogP contribution in [-0.4, -0.2) is 23.2 Å². The van der Waals surface area contributed by atoms with E-state index in [0.29, 0.717) is 18.9 Å². The number of aromatic nitrogens is 2. The van der Waals surface area contributed by atoms with Gasteiger partial charge in [-0.1, -0.05) is 48.5 Å². The monoisotopic (exact) mass is 348 g/mol. The lowest BCUT2D eigenvalue weighted by molar-refractivity contribution is 0.0945. The fraction of sp³-hybridized carbons (Fsp3) is 0.150. The molecule has 0 bridgehead atoms. The van der Waals surface area contributed by atoms with Crippen LogP contribution < -0.4 is 15.4 Å². The summed E-state index contributed by atoms with van der Waals surface area (Å²) < 4.78 is 5.32. The van der Waals surface area contributed by atoms with Crippen LogP contribution in [0.1, 0.15) is 21.6 Å². The third kappa shape index (κ3) is 4.57. The number of carbonyl (C=O) groups excluding carboxylic acids is 1. The molecule has 1 aromatic heterocycles. The van der Waals surface area contributed by atoms with Crippen LogP contribution >= 0.6 is 0 Å². The Morgan fingerprint density at radius 2 is 1.69 bits per heavy atom. The van der Waals surface area contributed by atoms with Gasteiger partial charge in [-0.3, -0.25) is 4.79 Å². The topological polar surface area (TPSA) is 76.1 Å². The highest BCUT2D eigenvalue weighted by Gasteiger charge is 2.08. The van der Waals surface area contributed by atoms with Gasteiger partial charge in [0.25, 0.3) is 5.91 Å². The molecule has 0 aliphatic carbocycles. The lowest BCUT2D eigenvalue weighted by atomic mass is 10.2. The molecular formula is C20H20N4O2. The molecule has 2 aromatic carbocycles. The molecule has 26 heavy (non-hydrogen) atoms. The van der Waals surface area contributed by atoms with Crippen molar-refractivity contribution in [1.29, 1.82) is 0 Å². The van der Waals surface area contributed by atoms with Crippen LogP contribution in [0.25, 0.3) is 0 Å². The SMILES string of the molecule is COc1ccccc1CNc1ccc(C(=O)NCc2ccccc2)nn1. The van der Waals surface area contributed by atoms with E-state index in [1.54, 1.807) is 19.2 Å². The summed E-state index contributed by atoms with van der Waals surface area (Å²) in [4.78, 5) is 12.1. The van der Waals surface area contributed by atoms with Gasteiger partial charge >= 0.3 is 0 Å². The van der Waals surface area contributed by atoms with E-state index in [2.05, 4.69) is 20.8 Å². The molecule has 1 amide bonds. The molecule has 6 heteroatoms. The van der Waals surface area contributed by atoms with Crippen LogP contribution in [0, 0.1) is 0 Å². The van der Waals surface area contributed by atoms with Gasteiger partial charge in [-0.15, -0.1) is 10.2 Å². The maximum Gasteiger partial charge on any atom is 0.272 e. The first-order valence-electron chi connectivity index (χ1n) is 8.28. The minimum absolute atomic E-state index is 0.252. The third-order valence-corrected chi connectivity index (χ3v) is 3.85. The number of hydrogen-bond donors (Lipinski definition) is 2. The predicted molar refractivity (Wildman–Crippen MR) is 100.0 cm³/mol. The second kappa shape index (κ2) is 8.62. The molecule has 3 rings (SSSR count). The van der Waals surface area contributed by atoms with E-state index < -0.39 is 0 Å². The maximum absolute atomic E-state index is 12.1. The minimum atomic E-state index is -0.252. The van der Waals surface area contributed by atoms with Crippen LogP contribution in [0.15, 0.2) is 66.7 Å². The van der Waals surface area contributed by atoms with Crippen LogP contribution in [0.5, 0.6) is 5.75 Å². The first-order valence-corrected chi connectivity index (χ1v) is 8.28. The first kappa shape index (κ1) is 17.4. The summed E-state index contributed by atoms with van der Waals surface area (Å²) in [5.41, 5.74) is 2.33. The average Bonchev–Trinajstić information content (AvgIpc) is 2.72. The number of carbonyl (C=O) groups is 1. The van der Waals surface area contributed by atoms with Crippen LogP contribution in [-0.2, 0) is 13.1 Å². The number of nitrogens with zero attached hydrogens (tertiary/aromatic N) is 2. The molecule has 132 valence electrons. The van der Waals surface area contributed by atoms with Crippen molar-refractivity contribution in [2.75, 3.05) is 12.4 Å². The van der Waals surface area contributed by atoms with Gasteiger partial charge in [-0.2, -0.15) is 0 Å². The molecule has 0 atom stereocenters. The van der Waals surface area contributed by atoms with Gasteiger partial charge in [0.05, 0.1) is 7.11 Å². The molecule has 0 aliphatic heterocycles. The summed E-state index contributed by atoms with van der Waals surface area (Å²) in [5, 5.41) is 14.1. The fourth-order valence-electron chi connectivity index (χ4n) is 2.45. The first-order chi connectivity index (χ1) is 12.8. The molecule has 3 aromatic rings. The van der Waals surface area contributed by atoms with Crippen molar-refractivity contribution in [1.82, 2.24) is 15.5 Å². The Balaban J connectivity index is 1.55. The van der Waals surface area contributed by atoms with Crippen molar-refractivity contribution >= 4 is 11.7 Å². The van der Waals surface area contributed by atoms with Gasteiger partial charge in [-0.25, -0.2) is 0 Å². The highest BCUT2D eigenvalue weighted by Crippen LogP contribution is 2.18. The van der Waals surface area contributed by atoms with Gasteiger partial charge in [0.1, 0.15) is 11.6 Å². The smallest absolute Gasteiger partial charge is 0.272 e. The van der Waals surface area contributed by atoms with Crippen molar-refractivity contribution in [3.63, 3.8) is 0 Å². The Kier molecular flexibility index (Phi) is 5.77. The summed E-state index contributed by atoms with van der Waals surface area (Å²) in [6.45, 7) is 1.01. The second-order valence-corrected chi connectivity index (χ2v) is 5.64. The molecule has 0 aliphatic rings. The zero-order valence-corrected chi connectivity index (χ0v) is 14.5. The van der Waals surface area contributed by atoms with E-state index >= 15 is 0 Å². The molecule has 1 heterocycles. The molecule has 0 fully saturated rings. The third-order valence-electron chi connectivity index (χ3n) is 3.85. The number of anilines is 1. The van der Waals surface area contributed by atoms with Crippen molar-refractivity contribution in [3.05, 3.63) is 83.6 Å². The molecular weight excluding hydrogens is 328 g/mol. The number of methoxy groups -OCH3 is 1. The number of hydrogen-bond acceptors (Lipinski definition) is 5. The molecule has 0 spiro atoms. The van der Waals surface area contributed by atoms with E-state index in [4.69, 9.17) is 4.74 Å². The summed E-state index contributed by atoms with van der Waals surface area (Å²) in [7, 11) is 1.64. The quantitative estimate of drug-likeness (QED) is 0.686. The molecule has 0 unspecified atom stereocenters. The largest absolute Gasteiger partial charge is 0.496 e. The summed E-state index contributed by atoms with van der Waals surface area (Å²) in [6, 6.07) is 20.9. The second-order valence-electron chi connectivity index (χ2n) is 5.64. The van der Waals surface area contributed by atoms with Crippen molar-refractivity contribution in [2.24, 2.45) is 0 Å². The van der Waals surface area contributed by atoms with Crippen molar-refractivity contribution < 1.29 is 9.53 Å². The zero-order chi connectivity index (χ0) is 18.2. The average molecular weight is 348 g/mol. The van der Waals surface area contributed by atoms with Crippen LogP contribution in [0.3, 0.4) is 0 Å². The molecule has 0 saturated heterocycles. The highest BCUT2D eigenvalue weighted by atomic mass is 16.5. The summed E-state index contributed by atoms with van der Waals surface area (Å²) >= 11 is 0. The van der Waals surface area contributed by atoms with Gasteiger partial charge in [-0.05, 0) is 23.8 Å². The van der Waals surface area contributed by atoms with Crippen molar-refractivity contribution in [2.45, 2.75) is 13.1 Å². The summed E-state index contributed by atoms with van der Waals surface area (Å²) in [5.74, 6) is 1.15. The normalized spacial score (nSPS) is 10.2. The van der Waals surface area contributed by atoms with Gasteiger partial charge in [0.15, 0.2) is 5.69 Å². The number of para-hydroxylation sites is 1. The Bertz CT molecular complexity index is 851. The summed E-state index contributed by atoms with van der Waals surface area (Å²) in [6.07, 6.45) is 0. The molecule has 2 N–H and O–H groups in total. The van der Waals surface area contributed by atoms with Gasteiger partial charge in [0.2, 0.25) is 0 Å². The van der Waals surface area contributed by atoms with Crippen molar-refractivity contribution in [3.8, 4) is 5.75 Å². The Hall–Kier alpha value is -3.41. The fourth-order valence-corrected chi connectivity index (χ4v) is 2.45. The molecule has 0 radical (unpaired) electrons. The van der Waals surface area contributed by atoms with E-state index in [-0.39, 0.29) is 11.6 Å². The Morgan fingerprint density at radius 1 is 0.923 bits per heavy atom. The highest BCUT2D eigenvalue weighted by molar-refractivity contribution is 5.92. The lowest BCUT2D eigenvalue weighted by Gasteiger charge is -2.10. The Morgan fingerprint density at radius 3 is 2.42 bits per heavy atom. The standard InChI is InChI=1S/C20H20N4O2/c1-26-18-10-6-5-9-16(18)14-21-19-12-11-17(23-24-19)20(25)22-13-15-7-3-2-4-8-15/h2-12H,13-14H2,1H3,(H,21,24)(H,22,25). The van der Waals surface area contributed by atoms with E-state index in [1.807, 2.05) is 54.6 Å². The number of benzene rings is 2. The molecule has 6 nitrogen and oxygen atoms in total. The number of rotatable bonds is 7. The van der Waals surface area contributed by atoms with E-state index in [1.165, 1.54) is 0 Å². The number of ether oxygens (including phenoxy) is 1. The van der Waals surface area contributed by atoms with E-state index in [0.717, 1.165) is 16.9 Å². The molecule has 0 saturated carbocycles. The van der Waals surface area contributed by atoms with Gasteiger partial charge < -0.3 is 15.4 Å². The van der Waals surface area contributed by atoms with Gasteiger partial charge in [0, 0.05) is 18.7 Å². The maximum atomic E-state index is 12.1. The number of amides is 1. The van der Waals surface area contributed by atoms with Crippen LogP contribution in [0.4, 0.5) is 5.82 Å². The zero-order valence-electron chi connectivity index (χ0n) is 14.5. The van der Waals surface area contributed by atoms with E-state index in [9.17, 15) is 4.79 Å². The minimum Gasteiger partial charge on any atom is -0.496 e. The number of nitrogens with one attached hydrogen (secondary N) is 2. The lowest BCUT2D eigenvalue weighted by Crippen LogP contribution is -2.24. The Labute approximate surface area is 152 Å². The predicted octanol–water partition coefficient (Wildman–Crippen LogP) is 3.03.